The second-order valence-corrected chi connectivity index (χ2v) is 4.59. The Labute approximate surface area is 119 Å². The Morgan fingerprint density at radius 1 is 1.15 bits per heavy atom. The Bertz CT molecular complexity index is 570. The van der Waals surface area contributed by atoms with Gasteiger partial charge in [-0.15, -0.1) is 0 Å². The average Bonchev–Trinajstić information content (AvgIpc) is 2.53. The van der Waals surface area contributed by atoms with Crippen LogP contribution in [0.5, 0.6) is 0 Å². The van der Waals surface area contributed by atoms with E-state index in [1.165, 1.54) is 0 Å². The van der Waals surface area contributed by atoms with Crippen molar-refractivity contribution in [1.29, 1.82) is 0 Å². The van der Waals surface area contributed by atoms with Gasteiger partial charge in [-0.1, -0.05) is 67.3 Å². The first-order chi connectivity index (χ1) is 9.74. The zero-order chi connectivity index (χ0) is 14.4. The van der Waals surface area contributed by atoms with Crippen LogP contribution in [0.4, 0.5) is 0 Å². The molecular formula is C18H18O2. The smallest absolute Gasteiger partial charge is 0.165 e. The van der Waals surface area contributed by atoms with E-state index in [2.05, 4.69) is 6.58 Å². The van der Waals surface area contributed by atoms with Gasteiger partial charge in [-0.05, 0) is 11.1 Å². The minimum Gasteiger partial charge on any atom is -0.376 e. The molecule has 2 nitrogen and oxygen atoms in total. The van der Waals surface area contributed by atoms with Gasteiger partial charge >= 0.3 is 0 Å². The standard InChI is InChI=1S/C18H18O2/c1-3-14-9-11-15(12-10-14)17(19)13-18(20-2)16-7-5-4-6-8-16/h3-12,18H,1,13H2,2H3. The van der Waals surface area contributed by atoms with Crippen LogP contribution in [0, 0.1) is 0 Å². The van der Waals surface area contributed by atoms with Gasteiger partial charge in [0.2, 0.25) is 0 Å². The normalized spacial score (nSPS) is 11.8. The maximum atomic E-state index is 12.3. The van der Waals surface area contributed by atoms with Crippen molar-refractivity contribution < 1.29 is 9.53 Å². The number of ether oxygens (including phenoxy) is 1. The van der Waals surface area contributed by atoms with Crippen LogP contribution in [0.2, 0.25) is 0 Å². The molecule has 2 heteroatoms. The van der Waals surface area contributed by atoms with Gasteiger partial charge in [-0.2, -0.15) is 0 Å². The summed E-state index contributed by atoms with van der Waals surface area (Å²) in [5, 5.41) is 0. The van der Waals surface area contributed by atoms with Crippen LogP contribution in [0.25, 0.3) is 6.08 Å². The lowest BCUT2D eigenvalue weighted by Gasteiger charge is -2.15. The third-order valence-corrected chi connectivity index (χ3v) is 3.30. The van der Waals surface area contributed by atoms with Crippen LogP contribution < -0.4 is 0 Å². The molecule has 20 heavy (non-hydrogen) atoms. The predicted molar refractivity (Wildman–Crippen MR) is 81.7 cm³/mol. The molecule has 2 aromatic carbocycles. The number of carbonyl (C=O) groups is 1. The molecule has 0 aliphatic heterocycles. The molecule has 0 heterocycles. The Morgan fingerprint density at radius 3 is 2.35 bits per heavy atom. The van der Waals surface area contributed by atoms with E-state index in [4.69, 9.17) is 4.74 Å². The van der Waals surface area contributed by atoms with Crippen molar-refractivity contribution in [2.24, 2.45) is 0 Å². The Hall–Kier alpha value is -2.19. The fourth-order valence-corrected chi connectivity index (χ4v) is 2.10. The van der Waals surface area contributed by atoms with E-state index in [1.54, 1.807) is 13.2 Å². The lowest BCUT2D eigenvalue weighted by atomic mass is 9.99. The molecule has 102 valence electrons. The van der Waals surface area contributed by atoms with Crippen LogP contribution >= 0.6 is 0 Å². The zero-order valence-electron chi connectivity index (χ0n) is 11.6. The minimum absolute atomic E-state index is 0.0799. The van der Waals surface area contributed by atoms with Crippen LogP contribution in [0.15, 0.2) is 61.2 Å². The number of carbonyl (C=O) groups excluding carboxylic acids is 1. The van der Waals surface area contributed by atoms with E-state index in [1.807, 2.05) is 54.6 Å². The van der Waals surface area contributed by atoms with Gasteiger partial charge in [0.1, 0.15) is 0 Å². The van der Waals surface area contributed by atoms with Crippen molar-refractivity contribution >= 4 is 11.9 Å². The highest BCUT2D eigenvalue weighted by Gasteiger charge is 2.16. The van der Waals surface area contributed by atoms with Crippen LogP contribution in [0.1, 0.15) is 34.0 Å². The summed E-state index contributed by atoms with van der Waals surface area (Å²) in [4.78, 5) is 12.3. The monoisotopic (exact) mass is 266 g/mol. The molecule has 0 spiro atoms. The molecule has 2 aromatic rings. The molecule has 0 saturated heterocycles. The average molecular weight is 266 g/mol. The molecule has 0 aliphatic rings. The number of benzene rings is 2. The van der Waals surface area contributed by atoms with Crippen LogP contribution in [-0.2, 0) is 4.74 Å². The Morgan fingerprint density at radius 2 is 1.80 bits per heavy atom. The fraction of sp³-hybridized carbons (Fsp3) is 0.167. The van der Waals surface area contributed by atoms with Crippen molar-refractivity contribution in [3.8, 4) is 0 Å². The van der Waals surface area contributed by atoms with E-state index >= 15 is 0 Å². The SMILES string of the molecule is C=Cc1ccc(C(=O)CC(OC)c2ccccc2)cc1. The van der Waals surface area contributed by atoms with Crippen LogP contribution in [0.3, 0.4) is 0 Å². The van der Waals surface area contributed by atoms with Crippen molar-refractivity contribution in [3.63, 3.8) is 0 Å². The van der Waals surface area contributed by atoms with Gasteiger partial charge in [0.15, 0.2) is 5.78 Å². The first-order valence-corrected chi connectivity index (χ1v) is 6.58. The summed E-state index contributed by atoms with van der Waals surface area (Å²) in [5.74, 6) is 0.0799. The van der Waals surface area contributed by atoms with Gasteiger partial charge in [-0.25, -0.2) is 0 Å². The van der Waals surface area contributed by atoms with Crippen molar-refractivity contribution in [3.05, 3.63) is 77.9 Å². The van der Waals surface area contributed by atoms with Gasteiger partial charge in [0.05, 0.1) is 6.10 Å². The van der Waals surface area contributed by atoms with Gasteiger partial charge in [0, 0.05) is 19.1 Å². The van der Waals surface area contributed by atoms with Crippen molar-refractivity contribution in [2.45, 2.75) is 12.5 Å². The highest BCUT2D eigenvalue weighted by molar-refractivity contribution is 5.96. The molecule has 0 radical (unpaired) electrons. The molecule has 0 fully saturated rings. The highest BCUT2D eigenvalue weighted by atomic mass is 16.5. The minimum atomic E-state index is -0.206. The summed E-state index contributed by atoms with van der Waals surface area (Å²) >= 11 is 0. The predicted octanol–water partition coefficient (Wildman–Crippen LogP) is 4.29. The van der Waals surface area contributed by atoms with E-state index < -0.39 is 0 Å². The molecule has 0 aromatic heterocycles. The molecule has 1 unspecified atom stereocenters. The van der Waals surface area contributed by atoms with Crippen molar-refractivity contribution in [1.82, 2.24) is 0 Å². The zero-order valence-corrected chi connectivity index (χ0v) is 11.6. The number of hydrogen-bond donors (Lipinski definition) is 0. The molecule has 1 atom stereocenters. The number of hydrogen-bond acceptors (Lipinski definition) is 2. The summed E-state index contributed by atoms with van der Waals surface area (Å²) in [6.45, 7) is 3.70. The number of methoxy groups -OCH3 is 1. The van der Waals surface area contributed by atoms with Gasteiger partial charge in [-0.3, -0.25) is 4.79 Å². The maximum Gasteiger partial charge on any atom is 0.165 e. The largest absolute Gasteiger partial charge is 0.376 e. The number of ketones is 1. The lowest BCUT2D eigenvalue weighted by Crippen LogP contribution is -2.09. The molecule has 2 rings (SSSR count). The summed E-state index contributed by atoms with van der Waals surface area (Å²) in [6.07, 6.45) is 1.90. The third-order valence-electron chi connectivity index (χ3n) is 3.30. The number of rotatable bonds is 6. The van der Waals surface area contributed by atoms with E-state index in [-0.39, 0.29) is 11.9 Å². The summed E-state index contributed by atoms with van der Waals surface area (Å²) in [6, 6.07) is 17.2. The first kappa shape index (κ1) is 14.2. The Kier molecular flexibility index (Phi) is 4.85. The molecule has 0 bridgehead atoms. The highest BCUT2D eigenvalue weighted by Crippen LogP contribution is 2.22. The molecule has 0 aliphatic carbocycles. The van der Waals surface area contributed by atoms with Gasteiger partial charge in [0.25, 0.3) is 0 Å². The number of Topliss-reactive ketones (excluding diaryl/α,β-unsaturated/α-hetero) is 1. The first-order valence-electron chi connectivity index (χ1n) is 6.58. The van der Waals surface area contributed by atoms with E-state index in [0.29, 0.717) is 12.0 Å². The summed E-state index contributed by atoms with van der Waals surface area (Å²) < 4.78 is 5.44. The van der Waals surface area contributed by atoms with Gasteiger partial charge < -0.3 is 4.74 Å². The second kappa shape index (κ2) is 6.83. The maximum absolute atomic E-state index is 12.3. The van der Waals surface area contributed by atoms with Crippen LogP contribution in [-0.4, -0.2) is 12.9 Å². The second-order valence-electron chi connectivity index (χ2n) is 4.59. The third kappa shape index (κ3) is 3.43. The quantitative estimate of drug-likeness (QED) is 0.729. The molecule has 0 N–H and O–H groups in total. The summed E-state index contributed by atoms with van der Waals surface area (Å²) in [7, 11) is 1.63. The topological polar surface area (TPSA) is 26.3 Å². The fourth-order valence-electron chi connectivity index (χ4n) is 2.10. The molecule has 0 saturated carbocycles. The van der Waals surface area contributed by atoms with Crippen molar-refractivity contribution in [2.75, 3.05) is 7.11 Å². The summed E-state index contributed by atoms with van der Waals surface area (Å²) in [5.41, 5.74) is 2.73. The van der Waals surface area contributed by atoms with E-state index in [9.17, 15) is 4.79 Å². The molecular weight excluding hydrogens is 248 g/mol. The van der Waals surface area contributed by atoms with E-state index in [0.717, 1.165) is 11.1 Å². The molecule has 0 amide bonds. The lowest BCUT2D eigenvalue weighted by molar-refractivity contribution is 0.0730. The Balaban J connectivity index is 2.10.